The second kappa shape index (κ2) is 12.0. The lowest BCUT2D eigenvalue weighted by Crippen LogP contribution is -2.44. The first-order valence-electron chi connectivity index (χ1n) is 7.52. The molecule has 0 fully saturated rings. The molecular formula is C13H26N6O6. The van der Waals surface area contributed by atoms with Crippen LogP contribution in [-0.2, 0) is 14.4 Å². The van der Waals surface area contributed by atoms with Crippen molar-refractivity contribution in [2.45, 2.75) is 37.8 Å². The number of rotatable bonds is 13. The van der Waals surface area contributed by atoms with E-state index >= 15 is 0 Å². The van der Waals surface area contributed by atoms with Crippen LogP contribution in [0.1, 0.15) is 25.7 Å². The molecule has 0 saturated heterocycles. The monoisotopic (exact) mass is 362 g/mol. The molecule has 0 heterocycles. The van der Waals surface area contributed by atoms with Crippen molar-refractivity contribution in [1.29, 1.82) is 0 Å². The van der Waals surface area contributed by atoms with Gasteiger partial charge >= 0.3 is 11.9 Å². The van der Waals surface area contributed by atoms with Gasteiger partial charge in [-0.05, 0) is 19.3 Å². The molecule has 0 spiro atoms. The molecule has 144 valence electrons. The van der Waals surface area contributed by atoms with Crippen molar-refractivity contribution >= 4 is 17.8 Å². The van der Waals surface area contributed by atoms with Crippen molar-refractivity contribution in [3.05, 3.63) is 11.9 Å². The lowest BCUT2D eigenvalue weighted by molar-refractivity contribution is -0.143. The quantitative estimate of drug-likeness (QED) is 0.0970. The number of hydrogen-bond donors (Lipinski definition) is 8. The Bertz CT molecular complexity index is 486. The van der Waals surface area contributed by atoms with E-state index in [9.17, 15) is 14.4 Å². The number of hydroxylamine groups is 1. The second-order valence-electron chi connectivity index (χ2n) is 5.38. The minimum Gasteiger partial charge on any atom is -0.480 e. The van der Waals surface area contributed by atoms with Crippen LogP contribution in [-0.4, -0.2) is 63.4 Å². The summed E-state index contributed by atoms with van der Waals surface area (Å²) in [6, 6.07) is -2.52. The van der Waals surface area contributed by atoms with Crippen LogP contribution in [0, 0.1) is 0 Å². The highest BCUT2D eigenvalue weighted by molar-refractivity contribution is 5.87. The van der Waals surface area contributed by atoms with Gasteiger partial charge in [-0.15, -0.1) is 0 Å². The van der Waals surface area contributed by atoms with Crippen LogP contribution in [0.4, 0.5) is 0 Å². The topological polar surface area (TPSA) is 217 Å². The highest BCUT2D eigenvalue weighted by Crippen LogP contribution is 2.04. The predicted molar refractivity (Wildman–Crippen MR) is 86.6 cm³/mol. The van der Waals surface area contributed by atoms with Gasteiger partial charge in [0.05, 0.1) is 13.0 Å². The van der Waals surface area contributed by atoms with Crippen LogP contribution < -0.4 is 28.1 Å². The van der Waals surface area contributed by atoms with Gasteiger partial charge in [-0.1, -0.05) is 0 Å². The molecule has 25 heavy (non-hydrogen) atoms. The Hall–Kier alpha value is -2.41. The highest BCUT2D eigenvalue weighted by atomic mass is 16.5. The minimum absolute atomic E-state index is 0.0549. The number of aliphatic carboxylic acids is 2. The number of nitrogens with two attached hydrogens (primary N) is 3. The number of nitrogens with one attached hydrogen (secondary N) is 2. The largest absolute Gasteiger partial charge is 0.480 e. The lowest BCUT2D eigenvalue weighted by atomic mass is 10.1. The van der Waals surface area contributed by atoms with E-state index in [0.29, 0.717) is 25.1 Å². The van der Waals surface area contributed by atoms with E-state index < -0.39 is 36.4 Å². The standard InChI is InChI=1S/C13H26N6O6/c14-8(6-17-25)7-19(16)4-2-1-3-10(13(23)24)18-11(20)5-9(15)12(21)22/h7,9-10,17,25H,1-6,14-16H2,(H,18,20)(H,21,22)(H,23,24)/b8-7-. The Morgan fingerprint density at radius 2 is 1.80 bits per heavy atom. The molecule has 0 aromatic carbocycles. The first kappa shape index (κ1) is 22.6. The zero-order valence-electron chi connectivity index (χ0n) is 13.7. The van der Waals surface area contributed by atoms with Crippen LogP contribution in [0.15, 0.2) is 11.9 Å². The fourth-order valence-corrected chi connectivity index (χ4v) is 1.85. The zero-order chi connectivity index (χ0) is 19.4. The van der Waals surface area contributed by atoms with Crippen molar-refractivity contribution in [2.24, 2.45) is 17.3 Å². The van der Waals surface area contributed by atoms with Crippen LogP contribution >= 0.6 is 0 Å². The van der Waals surface area contributed by atoms with Gasteiger partial charge in [0.15, 0.2) is 0 Å². The smallest absolute Gasteiger partial charge is 0.326 e. The predicted octanol–water partition coefficient (Wildman–Crippen LogP) is -2.52. The molecule has 2 atom stereocenters. The first-order valence-corrected chi connectivity index (χ1v) is 7.52. The molecule has 0 aromatic heterocycles. The van der Waals surface area contributed by atoms with E-state index in [-0.39, 0.29) is 13.0 Å². The van der Waals surface area contributed by atoms with Crippen LogP contribution in [0.2, 0.25) is 0 Å². The molecule has 11 N–H and O–H groups in total. The molecule has 0 aliphatic heterocycles. The summed E-state index contributed by atoms with van der Waals surface area (Å²) in [6.45, 7) is 0.440. The van der Waals surface area contributed by atoms with Gasteiger partial charge in [0.1, 0.15) is 12.1 Å². The van der Waals surface area contributed by atoms with Gasteiger partial charge in [0.25, 0.3) is 0 Å². The van der Waals surface area contributed by atoms with Crippen molar-refractivity contribution in [1.82, 2.24) is 15.8 Å². The van der Waals surface area contributed by atoms with Crippen LogP contribution in [0.5, 0.6) is 0 Å². The van der Waals surface area contributed by atoms with E-state index in [1.54, 1.807) is 0 Å². The van der Waals surface area contributed by atoms with E-state index in [1.165, 1.54) is 11.2 Å². The molecule has 0 saturated carbocycles. The van der Waals surface area contributed by atoms with E-state index in [1.807, 2.05) is 5.48 Å². The second-order valence-corrected chi connectivity index (χ2v) is 5.38. The fraction of sp³-hybridized carbons (Fsp3) is 0.615. The number of unbranched alkanes of at least 4 members (excludes halogenated alkanes) is 1. The van der Waals surface area contributed by atoms with Gasteiger partial charge in [-0.2, -0.15) is 5.48 Å². The summed E-state index contributed by atoms with van der Waals surface area (Å²) >= 11 is 0. The summed E-state index contributed by atoms with van der Waals surface area (Å²) in [5, 5.41) is 29.7. The molecule has 2 unspecified atom stereocenters. The SMILES string of the molecule is N/C(=C\N(N)CCCCC(NC(=O)CC(N)C(=O)O)C(=O)O)CNO. The molecule has 12 heteroatoms. The van der Waals surface area contributed by atoms with E-state index in [2.05, 4.69) is 5.32 Å². The molecule has 0 aromatic rings. The third-order valence-electron chi connectivity index (χ3n) is 3.13. The minimum atomic E-state index is -1.38. The van der Waals surface area contributed by atoms with Crippen molar-refractivity contribution in [3.63, 3.8) is 0 Å². The Balaban J connectivity index is 4.25. The van der Waals surface area contributed by atoms with Crippen LogP contribution in [0.25, 0.3) is 0 Å². The van der Waals surface area contributed by atoms with E-state index in [4.69, 9.17) is 32.7 Å². The number of carbonyl (C=O) groups is 3. The molecule has 0 radical (unpaired) electrons. The summed E-state index contributed by atoms with van der Waals surface area (Å²) in [6.07, 6.45) is 2.04. The fourth-order valence-electron chi connectivity index (χ4n) is 1.85. The molecular weight excluding hydrogens is 336 g/mol. The van der Waals surface area contributed by atoms with Gasteiger partial charge in [-0.3, -0.25) is 9.59 Å². The zero-order valence-corrected chi connectivity index (χ0v) is 13.7. The average molecular weight is 362 g/mol. The number of carbonyl (C=O) groups excluding carboxylic acids is 1. The van der Waals surface area contributed by atoms with Crippen molar-refractivity contribution in [2.75, 3.05) is 13.1 Å². The van der Waals surface area contributed by atoms with Gasteiger partial charge in [-0.25, -0.2) is 10.6 Å². The third-order valence-corrected chi connectivity index (χ3v) is 3.13. The summed E-state index contributed by atoms with van der Waals surface area (Å²) in [4.78, 5) is 33.3. The number of carboxylic acids is 2. The normalized spacial score (nSPS) is 13.8. The van der Waals surface area contributed by atoms with Gasteiger partial charge < -0.3 is 37.2 Å². The molecule has 0 aliphatic rings. The highest BCUT2D eigenvalue weighted by Gasteiger charge is 2.22. The Morgan fingerprint density at radius 1 is 1.16 bits per heavy atom. The third kappa shape index (κ3) is 10.9. The molecule has 1 amide bonds. The van der Waals surface area contributed by atoms with Gasteiger partial charge in [0, 0.05) is 18.4 Å². The molecule has 0 bridgehead atoms. The molecule has 0 aliphatic carbocycles. The van der Waals surface area contributed by atoms with Gasteiger partial charge in [0.2, 0.25) is 5.91 Å². The first-order chi connectivity index (χ1) is 11.7. The van der Waals surface area contributed by atoms with Crippen LogP contribution in [0.3, 0.4) is 0 Å². The Morgan fingerprint density at radius 3 is 2.32 bits per heavy atom. The Labute approximate surface area is 144 Å². The summed E-state index contributed by atoms with van der Waals surface area (Å²) in [5.74, 6) is 2.36. The van der Waals surface area contributed by atoms with E-state index in [0.717, 1.165) is 0 Å². The average Bonchev–Trinajstić information content (AvgIpc) is 2.49. The number of hydrazine groups is 1. The number of hydrogen-bond acceptors (Lipinski definition) is 9. The Kier molecular flexibility index (Phi) is 10.9. The number of nitrogens with zero attached hydrogens (tertiary/aromatic N) is 1. The van der Waals surface area contributed by atoms with Crippen molar-refractivity contribution < 1.29 is 29.8 Å². The maximum atomic E-state index is 11.6. The van der Waals surface area contributed by atoms with Crippen molar-refractivity contribution in [3.8, 4) is 0 Å². The number of amides is 1. The summed E-state index contributed by atoms with van der Waals surface area (Å²) < 4.78 is 0. The lowest BCUT2D eigenvalue weighted by Gasteiger charge is -2.17. The molecule has 0 rings (SSSR count). The maximum Gasteiger partial charge on any atom is 0.326 e. The maximum absolute atomic E-state index is 11.6. The summed E-state index contributed by atoms with van der Waals surface area (Å²) in [7, 11) is 0. The number of carboxylic acid groups (broad SMARTS) is 2. The molecule has 12 nitrogen and oxygen atoms in total. The summed E-state index contributed by atoms with van der Waals surface area (Å²) in [5.41, 5.74) is 12.9.